The molecular formula is C11H9ClN2. The summed E-state index contributed by atoms with van der Waals surface area (Å²) in [5.74, 6) is 1.05. The van der Waals surface area contributed by atoms with Crippen molar-refractivity contribution >= 4 is 18.5 Å². The lowest BCUT2D eigenvalue weighted by atomic mass is 10.0. The molecule has 70 valence electrons. The Morgan fingerprint density at radius 3 is 3.00 bits per heavy atom. The van der Waals surface area contributed by atoms with Gasteiger partial charge in [0.05, 0.1) is 0 Å². The Morgan fingerprint density at radius 1 is 1.21 bits per heavy atom. The highest BCUT2D eigenvalue weighted by Gasteiger charge is 2.22. The van der Waals surface area contributed by atoms with Crippen molar-refractivity contribution < 1.29 is 17.0 Å². The Bertz CT molecular complexity index is 458. The molecule has 2 aliphatic heterocycles. The zero-order valence-electron chi connectivity index (χ0n) is 7.52. The molecule has 0 spiro atoms. The summed E-state index contributed by atoms with van der Waals surface area (Å²) in [6.45, 7) is 0.946. The van der Waals surface area contributed by atoms with E-state index in [-0.39, 0.29) is 12.4 Å². The second-order valence-corrected chi connectivity index (χ2v) is 3.26. The third-order valence-electron chi connectivity index (χ3n) is 2.43. The molecule has 3 rings (SSSR count). The Labute approximate surface area is 88.7 Å². The molecule has 0 saturated heterocycles. The minimum atomic E-state index is 0. The van der Waals surface area contributed by atoms with Crippen LogP contribution in [0.15, 0.2) is 35.1 Å². The summed E-state index contributed by atoms with van der Waals surface area (Å²) in [6.07, 6.45) is 5.98. The number of fused-ring (bicyclic) bond motifs is 2. The fourth-order valence-corrected chi connectivity index (χ4v) is 1.74. The van der Waals surface area contributed by atoms with Crippen LogP contribution in [0.1, 0.15) is 11.1 Å². The van der Waals surface area contributed by atoms with E-state index >= 15 is 0 Å². The summed E-state index contributed by atoms with van der Waals surface area (Å²) in [5, 5.41) is 0. The molecule has 14 heavy (non-hydrogen) atoms. The average molecular weight is 205 g/mol. The van der Waals surface area contributed by atoms with Crippen molar-refractivity contribution in [3.63, 3.8) is 0 Å². The van der Waals surface area contributed by atoms with E-state index in [4.69, 9.17) is 0 Å². The van der Waals surface area contributed by atoms with Crippen LogP contribution in [-0.2, 0) is 6.54 Å². The minimum absolute atomic E-state index is 0. The number of nitrogens with zero attached hydrogens (tertiary/aromatic N) is 2. The standard InChI is InChI=1S/C11H9N2.ClH/c1-2-4-10-8-13-6-5-12-11(13)7-9(10)3-1;/h1-7H,8H2;1H/q+1;/p-1. The third kappa shape index (κ3) is 1.28. The lowest BCUT2D eigenvalue weighted by Gasteiger charge is -2.10. The molecule has 0 N–H and O–H groups in total. The highest BCUT2D eigenvalue weighted by atomic mass is 35.5. The summed E-state index contributed by atoms with van der Waals surface area (Å²) in [6, 6.07) is 8.44. The normalized spacial score (nSPS) is 16.3. The van der Waals surface area contributed by atoms with E-state index in [0.717, 1.165) is 12.4 Å². The Balaban J connectivity index is 0.000000750. The van der Waals surface area contributed by atoms with Crippen molar-refractivity contribution in [3.8, 4) is 0 Å². The molecule has 0 fully saturated rings. The van der Waals surface area contributed by atoms with Crippen LogP contribution in [0.4, 0.5) is 0 Å². The maximum absolute atomic E-state index is 4.26. The highest BCUT2D eigenvalue weighted by molar-refractivity contribution is 6.15. The monoisotopic (exact) mass is 204 g/mol. The fraction of sp³-hybridized carbons (Fsp3) is 0.0909. The number of halogens is 1. The van der Waals surface area contributed by atoms with Crippen LogP contribution in [0.2, 0.25) is 0 Å². The molecule has 0 radical (unpaired) electrons. The van der Waals surface area contributed by atoms with Crippen LogP contribution < -0.4 is 12.4 Å². The van der Waals surface area contributed by atoms with E-state index < -0.39 is 0 Å². The quantitative estimate of drug-likeness (QED) is 0.466. The summed E-state index contributed by atoms with van der Waals surface area (Å²) >= 11 is 0. The average Bonchev–Trinajstić information content (AvgIpc) is 2.61. The van der Waals surface area contributed by atoms with Crippen LogP contribution in [0.25, 0.3) is 6.08 Å². The van der Waals surface area contributed by atoms with Gasteiger partial charge >= 0.3 is 5.82 Å². The molecule has 2 heterocycles. The first-order valence-corrected chi connectivity index (χ1v) is 4.37. The predicted octanol–water partition coefficient (Wildman–Crippen LogP) is -1.33. The Morgan fingerprint density at radius 2 is 2.07 bits per heavy atom. The van der Waals surface area contributed by atoms with Crippen molar-refractivity contribution in [2.75, 3.05) is 0 Å². The number of aliphatic imine (C=N–C) groups is 1. The third-order valence-corrected chi connectivity index (χ3v) is 2.43. The van der Waals surface area contributed by atoms with Gasteiger partial charge in [0.25, 0.3) is 0 Å². The van der Waals surface area contributed by atoms with Gasteiger partial charge in [-0.2, -0.15) is 0 Å². The van der Waals surface area contributed by atoms with Crippen molar-refractivity contribution in [2.24, 2.45) is 4.99 Å². The van der Waals surface area contributed by atoms with E-state index in [2.05, 4.69) is 39.9 Å². The lowest BCUT2D eigenvalue weighted by molar-refractivity contribution is -0.485. The van der Waals surface area contributed by atoms with Crippen LogP contribution >= 0.6 is 0 Å². The predicted molar refractivity (Wildman–Crippen MR) is 52.9 cm³/mol. The van der Waals surface area contributed by atoms with Crippen LogP contribution in [0.5, 0.6) is 0 Å². The van der Waals surface area contributed by atoms with Gasteiger partial charge in [0, 0.05) is 11.6 Å². The first-order chi connectivity index (χ1) is 6.43. The first-order valence-electron chi connectivity index (χ1n) is 4.37. The smallest absolute Gasteiger partial charge is 0.324 e. The van der Waals surface area contributed by atoms with E-state index in [9.17, 15) is 0 Å². The van der Waals surface area contributed by atoms with Crippen molar-refractivity contribution in [1.29, 1.82) is 0 Å². The molecule has 0 amide bonds. The maximum atomic E-state index is 4.26. The van der Waals surface area contributed by atoms with Crippen molar-refractivity contribution in [3.05, 3.63) is 41.2 Å². The second kappa shape index (κ2) is 3.39. The summed E-state index contributed by atoms with van der Waals surface area (Å²) in [5.41, 5.74) is 2.66. The zero-order chi connectivity index (χ0) is 8.67. The van der Waals surface area contributed by atoms with Gasteiger partial charge in [0.15, 0.2) is 6.21 Å². The molecule has 2 nitrogen and oxygen atoms in total. The molecule has 0 aliphatic carbocycles. The molecule has 1 aromatic carbocycles. The molecule has 0 saturated carbocycles. The van der Waals surface area contributed by atoms with Gasteiger partial charge in [-0.25, -0.2) is 4.58 Å². The van der Waals surface area contributed by atoms with E-state index in [1.807, 2.05) is 12.4 Å². The Hall–Kier alpha value is -1.41. The molecular weight excluding hydrogens is 196 g/mol. The summed E-state index contributed by atoms with van der Waals surface area (Å²) in [7, 11) is 0. The number of hydrogen-bond donors (Lipinski definition) is 0. The SMILES string of the molecule is C1=NC2=Cc3ccccc3C[N+]2=C1.[Cl-]. The second-order valence-electron chi connectivity index (χ2n) is 3.26. The minimum Gasteiger partial charge on any atom is -1.00 e. The van der Waals surface area contributed by atoms with Crippen LogP contribution in [0, 0.1) is 0 Å². The van der Waals surface area contributed by atoms with Crippen LogP contribution in [-0.4, -0.2) is 17.0 Å². The van der Waals surface area contributed by atoms with Gasteiger partial charge in [0.1, 0.15) is 12.8 Å². The number of benzene rings is 1. The van der Waals surface area contributed by atoms with Crippen molar-refractivity contribution in [1.82, 2.24) is 0 Å². The van der Waals surface area contributed by atoms with Crippen molar-refractivity contribution in [2.45, 2.75) is 6.54 Å². The highest BCUT2D eigenvalue weighted by Crippen LogP contribution is 2.22. The maximum Gasteiger partial charge on any atom is 0.324 e. The molecule has 0 aromatic heterocycles. The van der Waals surface area contributed by atoms with Gasteiger partial charge in [-0.1, -0.05) is 24.3 Å². The molecule has 2 aliphatic rings. The fourth-order valence-electron chi connectivity index (χ4n) is 1.74. The van der Waals surface area contributed by atoms with Gasteiger partial charge in [-0.15, -0.1) is 0 Å². The zero-order valence-corrected chi connectivity index (χ0v) is 8.28. The molecule has 1 aromatic rings. The van der Waals surface area contributed by atoms with Gasteiger partial charge in [-0.3, -0.25) is 0 Å². The van der Waals surface area contributed by atoms with Gasteiger partial charge in [0.2, 0.25) is 0 Å². The Kier molecular flexibility index (Phi) is 2.22. The summed E-state index contributed by atoms with van der Waals surface area (Å²) in [4.78, 5) is 4.26. The largest absolute Gasteiger partial charge is 1.00 e. The molecule has 0 atom stereocenters. The van der Waals surface area contributed by atoms with Gasteiger partial charge < -0.3 is 12.4 Å². The van der Waals surface area contributed by atoms with E-state index in [0.29, 0.717) is 0 Å². The topological polar surface area (TPSA) is 15.4 Å². The molecule has 0 bridgehead atoms. The van der Waals surface area contributed by atoms with E-state index in [1.54, 1.807) is 0 Å². The van der Waals surface area contributed by atoms with Gasteiger partial charge in [-0.05, 0) is 10.6 Å². The first kappa shape index (κ1) is 9.16. The van der Waals surface area contributed by atoms with Crippen LogP contribution in [0.3, 0.4) is 0 Å². The number of hydrogen-bond acceptors (Lipinski definition) is 1. The molecule has 0 unspecified atom stereocenters. The molecule has 3 heteroatoms. The lowest BCUT2D eigenvalue weighted by Crippen LogP contribution is -3.00. The number of rotatable bonds is 0. The summed E-state index contributed by atoms with van der Waals surface area (Å²) < 4.78 is 2.16. The van der Waals surface area contributed by atoms with E-state index in [1.165, 1.54) is 11.1 Å².